The number of carbonyl (C=O) groups is 2. The van der Waals surface area contributed by atoms with Gasteiger partial charge in [0.05, 0.1) is 7.11 Å². The van der Waals surface area contributed by atoms with Crippen LogP contribution in [0.3, 0.4) is 0 Å². The summed E-state index contributed by atoms with van der Waals surface area (Å²) < 4.78 is 4.95. The molecule has 0 spiro atoms. The summed E-state index contributed by atoms with van der Waals surface area (Å²) in [6.45, 7) is 0. The van der Waals surface area contributed by atoms with E-state index in [9.17, 15) is 19.8 Å². The van der Waals surface area contributed by atoms with Crippen LogP contribution in [0.4, 0.5) is 0 Å². The summed E-state index contributed by atoms with van der Waals surface area (Å²) in [6, 6.07) is 9.85. The van der Waals surface area contributed by atoms with Gasteiger partial charge in [0.2, 0.25) is 0 Å². The van der Waals surface area contributed by atoms with E-state index in [1.165, 1.54) is 49.6 Å². The van der Waals surface area contributed by atoms with Gasteiger partial charge in [-0.1, -0.05) is 24.3 Å². The third-order valence-corrected chi connectivity index (χ3v) is 3.16. The van der Waals surface area contributed by atoms with Crippen molar-refractivity contribution in [2.45, 2.75) is 6.10 Å². The van der Waals surface area contributed by atoms with Crippen molar-refractivity contribution in [3.05, 3.63) is 59.2 Å². The van der Waals surface area contributed by atoms with Crippen molar-refractivity contribution in [2.75, 3.05) is 7.11 Å². The highest BCUT2D eigenvalue weighted by atomic mass is 16.5. The van der Waals surface area contributed by atoms with E-state index < -0.39 is 12.1 Å². The average molecular weight is 302 g/mol. The molecule has 0 amide bonds. The fourth-order valence-corrected chi connectivity index (χ4v) is 1.94. The van der Waals surface area contributed by atoms with Crippen LogP contribution in [0.2, 0.25) is 0 Å². The number of aliphatic hydroxyl groups excluding tert-OH is 1. The number of phenols is 1. The Hall–Kier alpha value is -2.86. The lowest BCUT2D eigenvalue weighted by Crippen LogP contribution is -2.10. The van der Waals surface area contributed by atoms with E-state index in [4.69, 9.17) is 9.84 Å². The monoisotopic (exact) mass is 302 g/mol. The topological polar surface area (TPSA) is 104 Å². The van der Waals surface area contributed by atoms with Crippen LogP contribution in [0, 0.1) is 0 Å². The first kappa shape index (κ1) is 15.5. The van der Waals surface area contributed by atoms with Crippen molar-refractivity contribution >= 4 is 11.8 Å². The Balaban J connectivity index is 2.28. The van der Waals surface area contributed by atoms with Gasteiger partial charge in [-0.2, -0.15) is 0 Å². The molecule has 2 rings (SSSR count). The maximum absolute atomic E-state index is 12.3. The smallest absolute Gasteiger partial charge is 0.337 e. The zero-order valence-corrected chi connectivity index (χ0v) is 11.7. The van der Waals surface area contributed by atoms with E-state index in [-0.39, 0.29) is 22.8 Å². The van der Waals surface area contributed by atoms with Crippen LogP contribution >= 0.6 is 0 Å². The first-order chi connectivity index (χ1) is 10.4. The Morgan fingerprint density at radius 2 is 1.64 bits per heavy atom. The van der Waals surface area contributed by atoms with Crippen molar-refractivity contribution in [1.82, 2.24) is 0 Å². The van der Waals surface area contributed by atoms with Gasteiger partial charge in [-0.05, 0) is 23.8 Å². The Morgan fingerprint density at radius 3 is 2.18 bits per heavy atom. The van der Waals surface area contributed by atoms with E-state index >= 15 is 0 Å². The first-order valence-corrected chi connectivity index (χ1v) is 6.36. The van der Waals surface area contributed by atoms with E-state index in [1.807, 2.05) is 0 Å². The molecule has 0 heterocycles. The molecule has 1 atom stereocenters. The lowest BCUT2D eigenvalue weighted by atomic mass is 10.00. The van der Waals surface area contributed by atoms with Crippen LogP contribution in [-0.4, -0.2) is 34.2 Å². The van der Waals surface area contributed by atoms with Crippen molar-refractivity contribution in [1.29, 1.82) is 0 Å². The predicted molar refractivity (Wildman–Crippen MR) is 77.1 cm³/mol. The predicted octanol–water partition coefficient (Wildman–Crippen LogP) is 1.75. The Bertz CT molecular complexity index is 705. The molecule has 0 aliphatic rings. The highest BCUT2D eigenvalue weighted by Gasteiger charge is 2.17. The zero-order chi connectivity index (χ0) is 16.3. The molecule has 0 aromatic heterocycles. The van der Waals surface area contributed by atoms with E-state index in [0.717, 1.165) is 0 Å². The molecule has 0 bridgehead atoms. The quantitative estimate of drug-likeness (QED) is 0.727. The van der Waals surface area contributed by atoms with Gasteiger partial charge in [0.1, 0.15) is 0 Å². The first-order valence-electron chi connectivity index (χ1n) is 6.36. The van der Waals surface area contributed by atoms with Crippen molar-refractivity contribution in [3.63, 3.8) is 0 Å². The van der Waals surface area contributed by atoms with Crippen LogP contribution in [0.5, 0.6) is 11.5 Å². The molecule has 1 unspecified atom stereocenters. The number of aliphatic carboxylic acids is 1. The van der Waals surface area contributed by atoms with Gasteiger partial charge in [0, 0.05) is 11.1 Å². The number of aliphatic hydroxyl groups is 1. The van der Waals surface area contributed by atoms with Crippen LogP contribution in [0.15, 0.2) is 42.5 Å². The van der Waals surface area contributed by atoms with Gasteiger partial charge in [-0.25, -0.2) is 4.79 Å². The number of ether oxygens (including phenoxy) is 1. The van der Waals surface area contributed by atoms with Crippen molar-refractivity contribution in [2.24, 2.45) is 0 Å². The van der Waals surface area contributed by atoms with Crippen LogP contribution in [0.1, 0.15) is 27.6 Å². The molecule has 0 fully saturated rings. The Morgan fingerprint density at radius 1 is 1.05 bits per heavy atom. The average Bonchev–Trinajstić information content (AvgIpc) is 2.54. The summed E-state index contributed by atoms with van der Waals surface area (Å²) in [5.41, 5.74) is 0.836. The standard InChI is InChI=1S/C16H14O6/c1-22-13-8-11(6-7-12(13)17)14(18)9-2-4-10(5-3-9)15(19)16(20)21/h2-8,15,17,19H,1H3,(H,20,21). The molecule has 2 aromatic rings. The molecule has 22 heavy (non-hydrogen) atoms. The molecule has 6 heteroatoms. The van der Waals surface area contributed by atoms with Crippen LogP contribution in [0.25, 0.3) is 0 Å². The van der Waals surface area contributed by atoms with E-state index in [2.05, 4.69) is 0 Å². The van der Waals surface area contributed by atoms with Crippen molar-refractivity contribution in [3.8, 4) is 11.5 Å². The fraction of sp³-hybridized carbons (Fsp3) is 0.125. The third kappa shape index (κ3) is 3.07. The second-order valence-electron chi connectivity index (χ2n) is 4.58. The number of methoxy groups -OCH3 is 1. The minimum atomic E-state index is -1.63. The summed E-state index contributed by atoms with van der Waals surface area (Å²) >= 11 is 0. The van der Waals surface area contributed by atoms with Gasteiger partial charge < -0.3 is 20.1 Å². The number of benzene rings is 2. The molecule has 6 nitrogen and oxygen atoms in total. The molecule has 0 saturated carbocycles. The summed E-state index contributed by atoms with van der Waals surface area (Å²) in [6.07, 6.45) is -1.63. The number of hydrogen-bond donors (Lipinski definition) is 3. The van der Waals surface area contributed by atoms with E-state index in [1.54, 1.807) is 0 Å². The molecule has 0 saturated heterocycles. The number of carbonyl (C=O) groups excluding carboxylic acids is 1. The molecular weight excluding hydrogens is 288 g/mol. The van der Waals surface area contributed by atoms with Crippen LogP contribution < -0.4 is 4.74 Å². The molecule has 114 valence electrons. The second-order valence-corrected chi connectivity index (χ2v) is 4.58. The molecule has 0 radical (unpaired) electrons. The number of ketones is 1. The van der Waals surface area contributed by atoms with Crippen LogP contribution in [-0.2, 0) is 4.79 Å². The lowest BCUT2D eigenvalue weighted by Gasteiger charge is -2.08. The molecular formula is C16H14O6. The highest BCUT2D eigenvalue weighted by molar-refractivity contribution is 6.09. The molecule has 2 aromatic carbocycles. The number of carboxylic acids is 1. The highest BCUT2D eigenvalue weighted by Crippen LogP contribution is 2.27. The molecule has 0 aliphatic heterocycles. The fourth-order valence-electron chi connectivity index (χ4n) is 1.94. The summed E-state index contributed by atoms with van der Waals surface area (Å²) in [7, 11) is 1.38. The van der Waals surface area contributed by atoms with Crippen molar-refractivity contribution < 1.29 is 29.6 Å². The lowest BCUT2D eigenvalue weighted by molar-refractivity contribution is -0.146. The Kier molecular flexibility index (Phi) is 4.43. The number of hydrogen-bond acceptors (Lipinski definition) is 5. The maximum atomic E-state index is 12.3. The number of rotatable bonds is 5. The maximum Gasteiger partial charge on any atom is 0.337 e. The minimum Gasteiger partial charge on any atom is -0.504 e. The third-order valence-electron chi connectivity index (χ3n) is 3.16. The zero-order valence-electron chi connectivity index (χ0n) is 11.7. The Labute approximate surface area is 126 Å². The molecule has 3 N–H and O–H groups in total. The summed E-state index contributed by atoms with van der Waals surface area (Å²) in [4.78, 5) is 23.0. The van der Waals surface area contributed by atoms with Gasteiger partial charge in [0.25, 0.3) is 0 Å². The molecule has 0 aliphatic carbocycles. The van der Waals surface area contributed by atoms with E-state index in [0.29, 0.717) is 11.1 Å². The number of carboxylic acid groups (broad SMARTS) is 1. The minimum absolute atomic E-state index is 0.0704. The summed E-state index contributed by atoms with van der Waals surface area (Å²) in [5, 5.41) is 27.7. The number of phenolic OH excluding ortho intramolecular Hbond substituents is 1. The van der Waals surface area contributed by atoms with Gasteiger partial charge >= 0.3 is 5.97 Å². The number of aromatic hydroxyl groups is 1. The summed E-state index contributed by atoms with van der Waals surface area (Å²) in [5.74, 6) is -1.56. The van der Waals surface area contributed by atoms with Gasteiger partial charge in [0.15, 0.2) is 23.4 Å². The normalized spacial score (nSPS) is 11.7. The largest absolute Gasteiger partial charge is 0.504 e. The van der Waals surface area contributed by atoms with Gasteiger partial charge in [-0.3, -0.25) is 4.79 Å². The van der Waals surface area contributed by atoms with Gasteiger partial charge in [-0.15, -0.1) is 0 Å². The second kappa shape index (κ2) is 6.28. The SMILES string of the molecule is COc1cc(C(=O)c2ccc(C(O)C(=O)O)cc2)ccc1O.